The number of halogens is 2. The first-order chi connectivity index (χ1) is 10.6. The van der Waals surface area contributed by atoms with Crippen LogP contribution in [0.25, 0.3) is 0 Å². The van der Waals surface area contributed by atoms with Gasteiger partial charge in [-0.25, -0.2) is 0 Å². The largest absolute Gasteiger partial charge is 0.493 e. The van der Waals surface area contributed by atoms with Gasteiger partial charge in [-0.05, 0) is 30.9 Å². The molecule has 1 amide bonds. The Balaban J connectivity index is 2.07. The lowest BCUT2D eigenvalue weighted by Crippen LogP contribution is -2.30. The first-order valence-corrected chi connectivity index (χ1v) is 7.52. The van der Waals surface area contributed by atoms with Crippen LogP contribution >= 0.6 is 0 Å². The quantitative estimate of drug-likeness (QED) is 0.873. The molecule has 4 nitrogen and oxygen atoms in total. The number of hydrogen-bond acceptors (Lipinski definition) is 3. The molecule has 1 aliphatic rings. The van der Waals surface area contributed by atoms with E-state index in [-0.39, 0.29) is 17.1 Å². The van der Waals surface area contributed by atoms with Crippen LogP contribution in [0.15, 0.2) is 18.2 Å². The second-order valence-corrected chi connectivity index (χ2v) is 5.43. The van der Waals surface area contributed by atoms with Crippen molar-refractivity contribution in [1.29, 1.82) is 0 Å². The standard InChI is InChI=1S/C16H21F2NO3/c1-21-13-9-5-8-12(14(13)22-16(17)18)15(20)19-10-11-6-3-2-4-7-11/h5,8-9,11,16H,2-4,6-7,10H2,1H3,(H,19,20). The topological polar surface area (TPSA) is 47.6 Å². The first-order valence-electron chi connectivity index (χ1n) is 7.52. The average molecular weight is 313 g/mol. The molecule has 2 rings (SSSR count). The Labute approximate surface area is 128 Å². The third-order valence-electron chi connectivity index (χ3n) is 3.93. The summed E-state index contributed by atoms with van der Waals surface area (Å²) in [6.07, 6.45) is 5.79. The highest BCUT2D eigenvalue weighted by molar-refractivity contribution is 5.97. The summed E-state index contributed by atoms with van der Waals surface area (Å²) in [4.78, 5) is 12.3. The van der Waals surface area contributed by atoms with E-state index in [0.29, 0.717) is 12.5 Å². The van der Waals surface area contributed by atoms with Crippen LogP contribution in [-0.2, 0) is 0 Å². The third kappa shape index (κ3) is 4.32. The molecular weight excluding hydrogens is 292 g/mol. The maximum atomic E-state index is 12.5. The number of hydrogen-bond donors (Lipinski definition) is 1. The molecule has 0 atom stereocenters. The number of para-hydroxylation sites is 1. The van der Waals surface area contributed by atoms with Gasteiger partial charge in [-0.1, -0.05) is 25.3 Å². The Morgan fingerprint density at radius 3 is 2.68 bits per heavy atom. The molecule has 22 heavy (non-hydrogen) atoms. The Bertz CT molecular complexity index is 502. The summed E-state index contributed by atoms with van der Waals surface area (Å²) < 4.78 is 34.5. The number of alkyl halides is 2. The zero-order chi connectivity index (χ0) is 15.9. The van der Waals surface area contributed by atoms with Crippen molar-refractivity contribution in [3.05, 3.63) is 23.8 Å². The second kappa shape index (κ2) is 7.96. The van der Waals surface area contributed by atoms with E-state index in [0.717, 1.165) is 12.8 Å². The van der Waals surface area contributed by atoms with Gasteiger partial charge in [-0.2, -0.15) is 8.78 Å². The molecule has 0 aromatic heterocycles. The van der Waals surface area contributed by atoms with E-state index < -0.39 is 12.5 Å². The summed E-state index contributed by atoms with van der Waals surface area (Å²) in [6, 6.07) is 4.51. The number of carbonyl (C=O) groups is 1. The van der Waals surface area contributed by atoms with Crippen molar-refractivity contribution in [2.75, 3.05) is 13.7 Å². The van der Waals surface area contributed by atoms with E-state index in [9.17, 15) is 13.6 Å². The lowest BCUT2D eigenvalue weighted by atomic mass is 9.89. The number of rotatable bonds is 6. The van der Waals surface area contributed by atoms with Crippen LogP contribution in [0.4, 0.5) is 8.78 Å². The van der Waals surface area contributed by atoms with Crippen LogP contribution in [0.5, 0.6) is 11.5 Å². The molecule has 0 aliphatic heterocycles. The minimum Gasteiger partial charge on any atom is -0.493 e. The van der Waals surface area contributed by atoms with Crippen molar-refractivity contribution in [2.24, 2.45) is 5.92 Å². The van der Waals surface area contributed by atoms with Gasteiger partial charge in [0.05, 0.1) is 12.7 Å². The second-order valence-electron chi connectivity index (χ2n) is 5.43. The summed E-state index contributed by atoms with van der Waals surface area (Å²) in [5, 5.41) is 2.81. The lowest BCUT2D eigenvalue weighted by Gasteiger charge is -2.22. The number of amides is 1. The molecule has 1 aromatic rings. The Kier molecular flexibility index (Phi) is 5.98. The van der Waals surface area contributed by atoms with Gasteiger partial charge in [0.2, 0.25) is 0 Å². The molecule has 0 heterocycles. The van der Waals surface area contributed by atoms with Crippen LogP contribution in [-0.4, -0.2) is 26.2 Å². The molecule has 0 saturated heterocycles. The van der Waals surface area contributed by atoms with E-state index in [4.69, 9.17) is 4.74 Å². The molecule has 1 fully saturated rings. The molecular formula is C16H21F2NO3. The smallest absolute Gasteiger partial charge is 0.387 e. The summed E-state index contributed by atoms with van der Waals surface area (Å²) in [5.74, 6) is -0.0605. The SMILES string of the molecule is COc1cccc(C(=O)NCC2CCCCC2)c1OC(F)F. The molecule has 122 valence electrons. The van der Waals surface area contributed by atoms with E-state index in [1.54, 1.807) is 6.07 Å². The molecule has 0 spiro atoms. The Morgan fingerprint density at radius 2 is 2.05 bits per heavy atom. The highest BCUT2D eigenvalue weighted by Gasteiger charge is 2.21. The van der Waals surface area contributed by atoms with Crippen molar-refractivity contribution < 1.29 is 23.0 Å². The fraction of sp³-hybridized carbons (Fsp3) is 0.562. The zero-order valence-corrected chi connectivity index (χ0v) is 12.6. The van der Waals surface area contributed by atoms with Crippen molar-refractivity contribution in [1.82, 2.24) is 5.32 Å². The van der Waals surface area contributed by atoms with Crippen molar-refractivity contribution in [3.63, 3.8) is 0 Å². The Hall–Kier alpha value is -1.85. The molecule has 1 aromatic carbocycles. The monoisotopic (exact) mass is 313 g/mol. The van der Waals surface area contributed by atoms with Crippen molar-refractivity contribution >= 4 is 5.91 Å². The predicted octanol–water partition coefficient (Wildman–Crippen LogP) is 3.61. The molecule has 0 radical (unpaired) electrons. The third-order valence-corrected chi connectivity index (χ3v) is 3.93. The van der Waals surface area contributed by atoms with E-state index in [2.05, 4.69) is 10.1 Å². The number of nitrogens with one attached hydrogen (secondary N) is 1. The maximum absolute atomic E-state index is 12.5. The lowest BCUT2D eigenvalue weighted by molar-refractivity contribution is -0.0515. The van der Waals surface area contributed by atoms with Gasteiger partial charge in [0.25, 0.3) is 5.91 Å². The van der Waals surface area contributed by atoms with Gasteiger partial charge in [0.1, 0.15) is 0 Å². The summed E-state index contributed by atoms with van der Waals surface area (Å²) in [7, 11) is 1.34. The first kappa shape index (κ1) is 16.5. The van der Waals surface area contributed by atoms with Crippen LogP contribution in [0.3, 0.4) is 0 Å². The van der Waals surface area contributed by atoms with E-state index >= 15 is 0 Å². The fourth-order valence-corrected chi connectivity index (χ4v) is 2.79. The fourth-order valence-electron chi connectivity index (χ4n) is 2.79. The minimum absolute atomic E-state index is 0.0652. The number of ether oxygens (including phenoxy) is 2. The molecule has 1 aliphatic carbocycles. The Morgan fingerprint density at radius 1 is 1.32 bits per heavy atom. The van der Waals surface area contributed by atoms with E-state index in [1.165, 1.54) is 38.5 Å². The molecule has 0 bridgehead atoms. The van der Waals surface area contributed by atoms with Crippen LogP contribution < -0.4 is 14.8 Å². The van der Waals surface area contributed by atoms with Gasteiger partial charge in [0.15, 0.2) is 11.5 Å². The number of carbonyl (C=O) groups excluding carboxylic acids is 1. The number of benzene rings is 1. The summed E-state index contributed by atoms with van der Waals surface area (Å²) in [6.45, 7) is -2.45. The van der Waals surface area contributed by atoms with E-state index in [1.807, 2.05) is 0 Å². The van der Waals surface area contributed by atoms with Crippen LogP contribution in [0, 0.1) is 5.92 Å². The summed E-state index contributed by atoms with van der Waals surface area (Å²) >= 11 is 0. The highest BCUT2D eigenvalue weighted by Crippen LogP contribution is 2.32. The predicted molar refractivity (Wildman–Crippen MR) is 78.5 cm³/mol. The van der Waals surface area contributed by atoms with Crippen LogP contribution in [0.2, 0.25) is 0 Å². The highest BCUT2D eigenvalue weighted by atomic mass is 19.3. The number of methoxy groups -OCH3 is 1. The molecule has 6 heteroatoms. The van der Waals surface area contributed by atoms with Gasteiger partial charge >= 0.3 is 6.61 Å². The van der Waals surface area contributed by atoms with Crippen molar-refractivity contribution in [2.45, 2.75) is 38.7 Å². The average Bonchev–Trinajstić information content (AvgIpc) is 2.53. The van der Waals surface area contributed by atoms with Gasteiger partial charge in [0, 0.05) is 6.54 Å². The van der Waals surface area contributed by atoms with Gasteiger partial charge in [-0.15, -0.1) is 0 Å². The minimum atomic E-state index is -3.01. The molecule has 1 N–H and O–H groups in total. The van der Waals surface area contributed by atoms with Crippen LogP contribution in [0.1, 0.15) is 42.5 Å². The molecule has 1 saturated carbocycles. The van der Waals surface area contributed by atoms with Crippen molar-refractivity contribution in [3.8, 4) is 11.5 Å². The zero-order valence-electron chi connectivity index (χ0n) is 12.6. The normalized spacial score (nSPS) is 15.6. The van der Waals surface area contributed by atoms with Gasteiger partial charge < -0.3 is 14.8 Å². The molecule has 0 unspecified atom stereocenters. The maximum Gasteiger partial charge on any atom is 0.387 e. The van der Waals surface area contributed by atoms with Gasteiger partial charge in [-0.3, -0.25) is 4.79 Å². The summed E-state index contributed by atoms with van der Waals surface area (Å²) in [5.41, 5.74) is 0.0652.